The summed E-state index contributed by atoms with van der Waals surface area (Å²) in [5, 5.41) is 10.8. The molecule has 2 aliphatic heterocycles. The summed E-state index contributed by atoms with van der Waals surface area (Å²) in [5.41, 5.74) is -0.277. The van der Waals surface area contributed by atoms with E-state index >= 15 is 0 Å². The van der Waals surface area contributed by atoms with Gasteiger partial charge in [0.1, 0.15) is 11.7 Å². The van der Waals surface area contributed by atoms with E-state index in [-0.39, 0.29) is 29.2 Å². The number of phenolic OH excluding ortho intramolecular Hbond substituents is 1. The smallest absolute Gasteiger partial charge is 0.416 e. The predicted octanol–water partition coefficient (Wildman–Crippen LogP) is 4.31. The number of benzene rings is 2. The number of aromatic hydroxyl groups is 1. The van der Waals surface area contributed by atoms with Crippen LogP contribution in [0.4, 0.5) is 13.2 Å². The number of halogens is 3. The van der Waals surface area contributed by atoms with Crippen LogP contribution >= 0.6 is 0 Å². The minimum Gasteiger partial charge on any atom is -0.504 e. The van der Waals surface area contributed by atoms with Gasteiger partial charge in [0.25, 0.3) is 0 Å². The van der Waals surface area contributed by atoms with Crippen LogP contribution in [-0.4, -0.2) is 71.2 Å². The van der Waals surface area contributed by atoms with Crippen molar-refractivity contribution in [3.63, 3.8) is 0 Å². The summed E-state index contributed by atoms with van der Waals surface area (Å²) in [6.07, 6.45) is -0.197. The number of esters is 1. The summed E-state index contributed by atoms with van der Waals surface area (Å²) in [4.78, 5) is 29.7. The minimum absolute atomic E-state index is 0.00815. The van der Waals surface area contributed by atoms with Gasteiger partial charge in [0.15, 0.2) is 11.5 Å². The van der Waals surface area contributed by atoms with Crippen LogP contribution in [0.15, 0.2) is 42.5 Å². The Morgan fingerprint density at radius 2 is 2.00 bits per heavy atom. The van der Waals surface area contributed by atoms with Crippen molar-refractivity contribution in [2.45, 2.75) is 68.0 Å². The topological polar surface area (TPSA) is 79.3 Å². The zero-order valence-electron chi connectivity index (χ0n) is 22.5. The third-order valence-electron chi connectivity index (χ3n) is 9.46. The van der Waals surface area contributed by atoms with Crippen LogP contribution in [0.3, 0.4) is 0 Å². The minimum atomic E-state index is -4.48. The standard InChI is InChI=1S/C30H31F3N2O5/c1-17(36)40-29-12-11-21(35(3)24(38)10-7-18-5-4-6-20(15-18)30(31,32)33)27-28(29)13-14-34(2)23(29)16-19-8-9-22(37)26(39-27)25(19)28/h4-10,15,21,23,27,37H,11-14,16H2,1-3H3/t21-,23-,27+,28+,29-/m1/s1. The van der Waals surface area contributed by atoms with Crippen molar-refractivity contribution in [2.75, 3.05) is 20.6 Å². The first-order valence-corrected chi connectivity index (χ1v) is 13.4. The Morgan fingerprint density at radius 3 is 2.73 bits per heavy atom. The lowest BCUT2D eigenvalue weighted by Gasteiger charge is -2.65. The molecule has 1 saturated heterocycles. The number of likely N-dealkylation sites (tertiary alicyclic amines) is 1. The summed E-state index contributed by atoms with van der Waals surface area (Å²) >= 11 is 0. The molecule has 1 saturated carbocycles. The van der Waals surface area contributed by atoms with Gasteiger partial charge in [-0.15, -0.1) is 0 Å². The predicted molar refractivity (Wildman–Crippen MR) is 140 cm³/mol. The number of hydrogen-bond donors (Lipinski definition) is 1. The lowest BCUT2D eigenvalue weighted by Crippen LogP contribution is -2.78. The Morgan fingerprint density at radius 1 is 1.23 bits per heavy atom. The van der Waals surface area contributed by atoms with Crippen LogP contribution < -0.4 is 4.74 Å². The number of hydrogen-bond acceptors (Lipinski definition) is 6. The molecule has 5 atom stereocenters. The van der Waals surface area contributed by atoms with E-state index in [4.69, 9.17) is 9.47 Å². The second-order valence-electron chi connectivity index (χ2n) is 11.4. The highest BCUT2D eigenvalue weighted by atomic mass is 19.4. The lowest BCUT2D eigenvalue weighted by atomic mass is 9.48. The highest BCUT2D eigenvalue weighted by Gasteiger charge is 2.75. The molecule has 1 amide bonds. The fraction of sp³-hybridized carbons (Fsp3) is 0.467. The van der Waals surface area contributed by atoms with Crippen molar-refractivity contribution < 1.29 is 37.3 Å². The number of ether oxygens (including phenoxy) is 2. The second-order valence-corrected chi connectivity index (χ2v) is 11.4. The Kier molecular flexibility index (Phi) is 6.00. The van der Waals surface area contributed by atoms with E-state index in [0.29, 0.717) is 31.4 Å². The van der Waals surface area contributed by atoms with E-state index in [0.717, 1.165) is 29.8 Å². The molecule has 2 aromatic carbocycles. The summed E-state index contributed by atoms with van der Waals surface area (Å²) in [6.45, 7) is 2.13. The van der Waals surface area contributed by atoms with E-state index < -0.39 is 34.9 Å². The van der Waals surface area contributed by atoms with Crippen molar-refractivity contribution in [1.29, 1.82) is 0 Å². The Balaban J connectivity index is 1.38. The fourth-order valence-electron chi connectivity index (χ4n) is 7.82. The first-order valence-electron chi connectivity index (χ1n) is 13.4. The zero-order valence-corrected chi connectivity index (χ0v) is 22.5. The van der Waals surface area contributed by atoms with Crippen LogP contribution in [0.2, 0.25) is 0 Å². The summed E-state index contributed by atoms with van der Waals surface area (Å²) < 4.78 is 52.3. The first-order chi connectivity index (χ1) is 18.9. The number of alkyl halides is 3. The van der Waals surface area contributed by atoms with E-state index in [2.05, 4.69) is 4.90 Å². The Hall–Kier alpha value is -3.53. The van der Waals surface area contributed by atoms with Gasteiger partial charge in [0.05, 0.1) is 23.1 Å². The molecule has 2 heterocycles. The van der Waals surface area contributed by atoms with Crippen molar-refractivity contribution in [3.05, 3.63) is 64.7 Å². The molecule has 4 aliphatic rings. The van der Waals surface area contributed by atoms with E-state index in [9.17, 15) is 27.9 Å². The number of carbonyl (C=O) groups excluding carboxylic acids is 2. The van der Waals surface area contributed by atoms with Gasteiger partial charge < -0.3 is 19.5 Å². The highest BCUT2D eigenvalue weighted by molar-refractivity contribution is 5.92. The molecular weight excluding hydrogens is 525 g/mol. The molecule has 2 bridgehead atoms. The molecule has 7 nitrogen and oxygen atoms in total. The fourth-order valence-corrected chi connectivity index (χ4v) is 7.82. The molecule has 40 heavy (non-hydrogen) atoms. The normalized spacial score (nSPS) is 30.5. The maximum atomic E-state index is 13.4. The molecular formula is C30H31F3N2O5. The van der Waals surface area contributed by atoms with Crippen LogP contribution in [0.25, 0.3) is 6.08 Å². The summed E-state index contributed by atoms with van der Waals surface area (Å²) in [5.74, 6) is -0.381. The Labute approximate surface area is 230 Å². The zero-order chi connectivity index (χ0) is 28.6. The van der Waals surface area contributed by atoms with Gasteiger partial charge >= 0.3 is 12.1 Å². The maximum absolute atomic E-state index is 13.4. The number of likely N-dealkylation sites (N-methyl/N-ethyl adjacent to an activating group) is 2. The third kappa shape index (κ3) is 3.68. The van der Waals surface area contributed by atoms with Crippen LogP contribution in [-0.2, 0) is 32.3 Å². The number of nitrogens with zero attached hydrogens (tertiary/aromatic N) is 2. The number of carbonyl (C=O) groups is 2. The maximum Gasteiger partial charge on any atom is 0.416 e. The van der Waals surface area contributed by atoms with Crippen molar-refractivity contribution in [3.8, 4) is 11.5 Å². The number of phenols is 1. The number of amides is 1. The van der Waals surface area contributed by atoms with Gasteiger partial charge in [0, 0.05) is 25.6 Å². The second kappa shape index (κ2) is 8.99. The molecule has 10 heteroatoms. The molecule has 2 fully saturated rings. The van der Waals surface area contributed by atoms with Gasteiger partial charge in [-0.2, -0.15) is 13.2 Å². The molecule has 0 radical (unpaired) electrons. The SMILES string of the molecule is CC(=O)O[C@@]12CC[C@@H](N(C)C(=O)C=Cc3cccc(C(F)(F)F)c3)[C@@H]3Oc4c(O)ccc5c4[C@@]31CCN(C)[C@@H]2C5. The monoisotopic (exact) mass is 556 g/mol. The summed E-state index contributed by atoms with van der Waals surface area (Å²) in [6, 6.07) is 7.80. The van der Waals surface area contributed by atoms with E-state index in [1.165, 1.54) is 31.2 Å². The third-order valence-corrected chi connectivity index (χ3v) is 9.46. The average molecular weight is 557 g/mol. The Bertz CT molecular complexity index is 1420. The summed E-state index contributed by atoms with van der Waals surface area (Å²) in [7, 11) is 3.68. The number of piperidine rings is 1. The largest absolute Gasteiger partial charge is 0.504 e. The van der Waals surface area contributed by atoms with Crippen molar-refractivity contribution in [2.24, 2.45) is 0 Å². The van der Waals surface area contributed by atoms with E-state index in [1.54, 1.807) is 18.0 Å². The van der Waals surface area contributed by atoms with Crippen molar-refractivity contribution in [1.82, 2.24) is 9.80 Å². The molecule has 6 rings (SSSR count). The molecule has 2 aliphatic carbocycles. The molecule has 0 aromatic heterocycles. The lowest BCUT2D eigenvalue weighted by molar-refractivity contribution is -0.220. The van der Waals surface area contributed by atoms with Crippen LogP contribution in [0, 0.1) is 0 Å². The first kappa shape index (κ1) is 26.7. The molecule has 1 N–H and O–H groups in total. The van der Waals surface area contributed by atoms with Gasteiger partial charge in [-0.05, 0) is 74.7 Å². The molecule has 1 spiro atoms. The van der Waals surface area contributed by atoms with Gasteiger partial charge in [-0.3, -0.25) is 14.5 Å². The van der Waals surface area contributed by atoms with Gasteiger partial charge in [-0.25, -0.2) is 0 Å². The quantitative estimate of drug-likeness (QED) is 0.447. The van der Waals surface area contributed by atoms with Gasteiger partial charge in [-0.1, -0.05) is 18.2 Å². The van der Waals surface area contributed by atoms with E-state index in [1.807, 2.05) is 13.1 Å². The van der Waals surface area contributed by atoms with Crippen LogP contribution in [0.1, 0.15) is 48.4 Å². The van der Waals surface area contributed by atoms with Gasteiger partial charge in [0.2, 0.25) is 5.91 Å². The molecule has 0 unspecified atom stereocenters. The molecule has 212 valence electrons. The van der Waals surface area contributed by atoms with Crippen LogP contribution in [0.5, 0.6) is 11.5 Å². The average Bonchev–Trinajstić information content (AvgIpc) is 3.25. The number of rotatable bonds is 4. The highest BCUT2D eigenvalue weighted by Crippen LogP contribution is 2.66. The van der Waals surface area contributed by atoms with Crippen molar-refractivity contribution >= 4 is 18.0 Å². The molecule has 2 aromatic rings.